The molecular formula is C19H19FN2O3. The second-order valence-corrected chi connectivity index (χ2v) is 5.97. The molecule has 0 unspecified atom stereocenters. The summed E-state index contributed by atoms with van der Waals surface area (Å²) in [6.07, 6.45) is -0.0868. The van der Waals surface area contributed by atoms with Crippen LogP contribution in [0.3, 0.4) is 0 Å². The van der Waals surface area contributed by atoms with Crippen LogP contribution in [0.1, 0.15) is 18.9 Å². The third-order valence-electron chi connectivity index (χ3n) is 4.02. The first-order valence-electron chi connectivity index (χ1n) is 8.12. The first kappa shape index (κ1) is 17.0. The molecule has 0 bridgehead atoms. The van der Waals surface area contributed by atoms with E-state index in [4.69, 9.17) is 4.74 Å². The Bertz CT molecular complexity index is 805. The van der Waals surface area contributed by atoms with Gasteiger partial charge in [-0.3, -0.25) is 14.5 Å². The van der Waals surface area contributed by atoms with Gasteiger partial charge in [-0.15, -0.1) is 0 Å². The lowest BCUT2D eigenvalue weighted by Gasteiger charge is -2.33. The number of benzene rings is 2. The number of fused-ring (bicyclic) bond motifs is 1. The average Bonchev–Trinajstić information content (AvgIpc) is 2.59. The van der Waals surface area contributed by atoms with E-state index in [1.807, 2.05) is 32.0 Å². The molecule has 0 saturated heterocycles. The number of rotatable bonds is 4. The smallest absolute Gasteiger partial charge is 0.268 e. The zero-order chi connectivity index (χ0) is 18.0. The fourth-order valence-corrected chi connectivity index (χ4v) is 2.73. The van der Waals surface area contributed by atoms with Gasteiger partial charge in [-0.25, -0.2) is 4.39 Å². The van der Waals surface area contributed by atoms with Crippen molar-refractivity contribution < 1.29 is 18.7 Å². The molecule has 3 rings (SSSR count). The quantitative estimate of drug-likeness (QED) is 0.928. The molecule has 1 atom stereocenters. The summed E-state index contributed by atoms with van der Waals surface area (Å²) in [6, 6.07) is 11.0. The number of nitrogens with one attached hydrogen (secondary N) is 1. The Labute approximate surface area is 145 Å². The summed E-state index contributed by atoms with van der Waals surface area (Å²) in [6.45, 7) is 3.64. The van der Waals surface area contributed by atoms with Crippen LogP contribution in [0.25, 0.3) is 0 Å². The van der Waals surface area contributed by atoms with Crippen LogP contribution in [0.2, 0.25) is 0 Å². The van der Waals surface area contributed by atoms with E-state index in [-0.39, 0.29) is 24.2 Å². The minimum Gasteiger partial charge on any atom is -0.478 e. The van der Waals surface area contributed by atoms with Crippen LogP contribution in [-0.2, 0) is 9.59 Å². The molecule has 0 spiro atoms. The van der Waals surface area contributed by atoms with Gasteiger partial charge < -0.3 is 10.1 Å². The Kier molecular flexibility index (Phi) is 4.70. The molecule has 0 aromatic heterocycles. The predicted octanol–water partition coefficient (Wildman–Crippen LogP) is 3.28. The number of aryl methyl sites for hydroxylation is 1. The molecule has 6 heteroatoms. The van der Waals surface area contributed by atoms with E-state index in [2.05, 4.69) is 5.32 Å². The zero-order valence-corrected chi connectivity index (χ0v) is 14.1. The van der Waals surface area contributed by atoms with Crippen LogP contribution < -0.4 is 15.0 Å². The second-order valence-electron chi connectivity index (χ2n) is 5.97. The molecule has 130 valence electrons. The summed E-state index contributed by atoms with van der Waals surface area (Å²) in [5.74, 6) is -0.387. The van der Waals surface area contributed by atoms with Crippen molar-refractivity contribution in [3.05, 3.63) is 53.8 Å². The monoisotopic (exact) mass is 342 g/mol. The van der Waals surface area contributed by atoms with Gasteiger partial charge >= 0.3 is 0 Å². The molecule has 1 N–H and O–H groups in total. The number of halogens is 1. The van der Waals surface area contributed by atoms with Crippen molar-refractivity contribution in [3.8, 4) is 5.75 Å². The van der Waals surface area contributed by atoms with E-state index >= 15 is 0 Å². The predicted molar refractivity (Wildman–Crippen MR) is 93.3 cm³/mol. The number of hydrogen-bond acceptors (Lipinski definition) is 3. The molecule has 2 aromatic carbocycles. The number of hydrogen-bond donors (Lipinski definition) is 1. The molecule has 1 aliphatic rings. The summed E-state index contributed by atoms with van der Waals surface area (Å²) < 4.78 is 18.7. The van der Waals surface area contributed by atoms with Crippen molar-refractivity contribution in [2.45, 2.75) is 26.4 Å². The number of carbonyl (C=O) groups is 2. The first-order valence-corrected chi connectivity index (χ1v) is 8.12. The largest absolute Gasteiger partial charge is 0.478 e. The van der Waals surface area contributed by atoms with Crippen LogP contribution in [0.4, 0.5) is 15.8 Å². The highest BCUT2D eigenvalue weighted by Gasteiger charge is 2.34. The number of ether oxygens (including phenoxy) is 1. The van der Waals surface area contributed by atoms with Crippen molar-refractivity contribution in [2.24, 2.45) is 0 Å². The van der Waals surface area contributed by atoms with E-state index in [1.165, 1.54) is 29.2 Å². The van der Waals surface area contributed by atoms with E-state index in [0.717, 1.165) is 5.56 Å². The normalized spacial score (nSPS) is 16.2. The van der Waals surface area contributed by atoms with Crippen LogP contribution in [0.15, 0.2) is 42.5 Å². The van der Waals surface area contributed by atoms with E-state index < -0.39 is 6.10 Å². The van der Waals surface area contributed by atoms with Gasteiger partial charge in [0.25, 0.3) is 5.91 Å². The third kappa shape index (κ3) is 3.63. The molecule has 0 radical (unpaired) electrons. The highest BCUT2D eigenvalue weighted by Crippen LogP contribution is 2.35. The maximum atomic E-state index is 13.0. The molecule has 2 aromatic rings. The van der Waals surface area contributed by atoms with E-state index in [0.29, 0.717) is 23.5 Å². The second kappa shape index (κ2) is 6.93. The summed E-state index contributed by atoms with van der Waals surface area (Å²) in [7, 11) is 0. The molecule has 5 nitrogen and oxygen atoms in total. The number of amides is 2. The van der Waals surface area contributed by atoms with Crippen molar-refractivity contribution in [1.29, 1.82) is 0 Å². The van der Waals surface area contributed by atoms with Crippen LogP contribution in [0, 0.1) is 12.7 Å². The van der Waals surface area contributed by atoms with Crippen LogP contribution in [-0.4, -0.2) is 24.5 Å². The van der Waals surface area contributed by atoms with Gasteiger partial charge in [0.2, 0.25) is 5.91 Å². The van der Waals surface area contributed by atoms with E-state index in [9.17, 15) is 14.0 Å². The molecular weight excluding hydrogens is 323 g/mol. The molecule has 25 heavy (non-hydrogen) atoms. The fraction of sp³-hybridized carbons (Fsp3) is 0.263. The van der Waals surface area contributed by atoms with E-state index in [1.54, 1.807) is 0 Å². The summed E-state index contributed by atoms with van der Waals surface area (Å²) in [4.78, 5) is 26.4. The average molecular weight is 342 g/mol. The van der Waals surface area contributed by atoms with Crippen molar-refractivity contribution in [1.82, 2.24) is 0 Å². The first-order chi connectivity index (χ1) is 12.0. The lowest BCUT2D eigenvalue weighted by atomic mass is 10.1. The number of anilines is 2. The highest BCUT2D eigenvalue weighted by molar-refractivity contribution is 6.06. The van der Waals surface area contributed by atoms with Gasteiger partial charge in [-0.05, 0) is 55.3 Å². The van der Waals surface area contributed by atoms with Gasteiger partial charge in [0.05, 0.1) is 5.69 Å². The molecule has 0 saturated carbocycles. The fourth-order valence-electron chi connectivity index (χ4n) is 2.73. The van der Waals surface area contributed by atoms with Crippen LogP contribution >= 0.6 is 0 Å². The van der Waals surface area contributed by atoms with Crippen LogP contribution in [0.5, 0.6) is 5.75 Å². The van der Waals surface area contributed by atoms with Gasteiger partial charge in [-0.2, -0.15) is 0 Å². The van der Waals surface area contributed by atoms with Crippen molar-refractivity contribution >= 4 is 23.2 Å². The summed E-state index contributed by atoms with van der Waals surface area (Å²) in [5, 5.41) is 2.67. The van der Waals surface area contributed by atoms with Gasteiger partial charge in [0.15, 0.2) is 6.10 Å². The standard InChI is InChI=1S/C19H19FN2O3/c1-3-16-19(24)22(15-10-12(2)4-9-17(15)25-16)11-18(23)21-14-7-5-13(20)6-8-14/h4-10,16H,3,11H2,1-2H3,(H,21,23)/t16-/m1/s1. The van der Waals surface area contributed by atoms with Gasteiger partial charge in [0, 0.05) is 5.69 Å². The maximum Gasteiger partial charge on any atom is 0.268 e. The molecule has 1 heterocycles. The highest BCUT2D eigenvalue weighted by atomic mass is 19.1. The topological polar surface area (TPSA) is 58.6 Å². The minimum absolute atomic E-state index is 0.132. The summed E-state index contributed by atoms with van der Waals surface area (Å²) >= 11 is 0. The maximum absolute atomic E-state index is 13.0. The Morgan fingerprint density at radius 3 is 2.64 bits per heavy atom. The molecule has 2 amide bonds. The van der Waals surface area contributed by atoms with Gasteiger partial charge in [-0.1, -0.05) is 13.0 Å². The zero-order valence-electron chi connectivity index (χ0n) is 14.1. The Morgan fingerprint density at radius 1 is 1.24 bits per heavy atom. The lowest BCUT2D eigenvalue weighted by Crippen LogP contribution is -2.48. The number of nitrogens with zero attached hydrogens (tertiary/aromatic N) is 1. The number of carbonyl (C=O) groups excluding carboxylic acids is 2. The Morgan fingerprint density at radius 2 is 1.96 bits per heavy atom. The van der Waals surface area contributed by atoms with Crippen molar-refractivity contribution in [3.63, 3.8) is 0 Å². The summed E-state index contributed by atoms with van der Waals surface area (Å²) in [5.41, 5.74) is 2.03. The third-order valence-corrected chi connectivity index (χ3v) is 4.02. The Balaban J connectivity index is 1.82. The Hall–Kier alpha value is -2.89. The van der Waals surface area contributed by atoms with Gasteiger partial charge in [0.1, 0.15) is 18.1 Å². The molecule has 0 aliphatic carbocycles. The molecule has 1 aliphatic heterocycles. The van der Waals surface area contributed by atoms with Crippen molar-refractivity contribution in [2.75, 3.05) is 16.8 Å². The SMILES string of the molecule is CC[C@H]1Oc2ccc(C)cc2N(CC(=O)Nc2ccc(F)cc2)C1=O. The minimum atomic E-state index is -0.603. The molecule has 0 fully saturated rings. The lowest BCUT2D eigenvalue weighted by molar-refractivity contribution is -0.128.